The molecule has 1 N–H and O–H groups in total. The number of carbonyl (C=O) groups excluding carboxylic acids is 2. The summed E-state index contributed by atoms with van der Waals surface area (Å²) in [5.41, 5.74) is 1.03. The molecule has 1 amide bonds. The number of ether oxygens (including phenoxy) is 1. The van der Waals surface area contributed by atoms with Crippen LogP contribution in [0.3, 0.4) is 0 Å². The number of hydrogen-bond donors (Lipinski definition) is 1. The average molecular weight is 367 g/mol. The van der Waals surface area contributed by atoms with E-state index in [1.807, 2.05) is 30.3 Å². The molecule has 0 unspecified atom stereocenters. The highest BCUT2D eigenvalue weighted by Crippen LogP contribution is 1.97. The van der Waals surface area contributed by atoms with E-state index in [4.69, 9.17) is 0 Å². The smallest absolute Gasteiger partial charge is 0.378 e. The van der Waals surface area contributed by atoms with E-state index in [0.717, 1.165) is 5.56 Å². The second-order valence-electron chi connectivity index (χ2n) is 4.82. The minimum absolute atomic E-state index is 0.00523. The van der Waals surface area contributed by atoms with Crippen molar-refractivity contribution in [1.29, 1.82) is 0 Å². The summed E-state index contributed by atoms with van der Waals surface area (Å²) >= 11 is 0. The van der Waals surface area contributed by atoms with Crippen LogP contribution in [0.25, 0.3) is 0 Å². The van der Waals surface area contributed by atoms with Crippen molar-refractivity contribution >= 4 is 11.9 Å². The summed E-state index contributed by atoms with van der Waals surface area (Å²) in [4.78, 5) is 29.9. The predicted octanol–water partition coefficient (Wildman–Crippen LogP) is 0.850. The molecule has 0 aliphatic carbocycles. The summed E-state index contributed by atoms with van der Waals surface area (Å²) in [6.45, 7) is 2.49. The molecule has 2 heterocycles. The Hall–Kier alpha value is -3.82. The van der Waals surface area contributed by atoms with Gasteiger partial charge in [0.15, 0.2) is 0 Å². The zero-order chi connectivity index (χ0) is 19.3. The Bertz CT molecular complexity index is 833. The topological polar surface area (TPSA) is 133 Å². The van der Waals surface area contributed by atoms with Gasteiger partial charge in [0.05, 0.1) is 19.0 Å². The van der Waals surface area contributed by atoms with Crippen molar-refractivity contribution in [3.05, 3.63) is 72.3 Å². The van der Waals surface area contributed by atoms with Crippen LogP contribution in [0, 0.1) is 0 Å². The minimum atomic E-state index is -0.541. The summed E-state index contributed by atoms with van der Waals surface area (Å²) in [5, 5.41) is 16.9. The fraction of sp³-hybridized carbons (Fsp3) is 0.176. The van der Waals surface area contributed by atoms with Crippen molar-refractivity contribution < 1.29 is 14.3 Å². The van der Waals surface area contributed by atoms with Crippen LogP contribution in [0.1, 0.15) is 33.7 Å². The highest BCUT2D eigenvalue weighted by Gasteiger charge is 2.08. The molecule has 0 saturated carbocycles. The zero-order valence-electron chi connectivity index (χ0n) is 14.5. The van der Waals surface area contributed by atoms with Gasteiger partial charge in [0.25, 0.3) is 11.7 Å². The molecule has 138 valence electrons. The molecule has 27 heavy (non-hydrogen) atoms. The van der Waals surface area contributed by atoms with E-state index in [-0.39, 0.29) is 17.6 Å². The summed E-state index contributed by atoms with van der Waals surface area (Å²) in [5.74, 6) is -0.787. The molecule has 0 saturated heterocycles. The molecule has 3 aromatic rings. The number of nitrogens with zero attached hydrogens (tertiary/aromatic N) is 6. The van der Waals surface area contributed by atoms with E-state index in [9.17, 15) is 9.59 Å². The molecule has 0 bridgehead atoms. The number of nitrogens with one attached hydrogen (secondary N) is 1. The third-order valence-corrected chi connectivity index (χ3v) is 2.92. The standard InChI is InChI=1S/C11H10N4O.C6H7N3O2/c16-11(10-12-6-7-14-15-10)13-8-9-4-2-1-3-5-9;1-2-11-6(10)5-7-3-4-8-9-5/h1-7H,8H2,(H,13,16);3-4H,2H2,1H3. The average Bonchev–Trinajstić information content (AvgIpc) is 2.75. The molecule has 3 rings (SSSR count). The molecule has 1 aromatic carbocycles. The number of carbonyl (C=O) groups is 2. The zero-order valence-corrected chi connectivity index (χ0v) is 14.5. The number of benzene rings is 1. The van der Waals surface area contributed by atoms with Crippen LogP contribution >= 0.6 is 0 Å². The summed E-state index contributed by atoms with van der Waals surface area (Å²) in [7, 11) is 0. The van der Waals surface area contributed by atoms with Gasteiger partial charge in [0.2, 0.25) is 5.82 Å². The van der Waals surface area contributed by atoms with Crippen molar-refractivity contribution in [3.8, 4) is 0 Å². The van der Waals surface area contributed by atoms with Gasteiger partial charge in [-0.15, -0.1) is 10.2 Å². The maximum absolute atomic E-state index is 11.5. The van der Waals surface area contributed by atoms with Gasteiger partial charge in [-0.2, -0.15) is 10.2 Å². The fourth-order valence-electron chi connectivity index (χ4n) is 1.75. The Morgan fingerprint density at radius 1 is 0.926 bits per heavy atom. The fourth-order valence-corrected chi connectivity index (χ4v) is 1.75. The molecule has 10 nitrogen and oxygen atoms in total. The molecule has 10 heteroatoms. The number of rotatable bonds is 5. The van der Waals surface area contributed by atoms with Crippen molar-refractivity contribution in [2.24, 2.45) is 0 Å². The Kier molecular flexibility index (Phi) is 7.89. The van der Waals surface area contributed by atoms with Crippen LogP contribution in [0.15, 0.2) is 55.1 Å². The van der Waals surface area contributed by atoms with Crippen LogP contribution in [-0.2, 0) is 11.3 Å². The lowest BCUT2D eigenvalue weighted by atomic mass is 10.2. The van der Waals surface area contributed by atoms with Gasteiger partial charge in [0.1, 0.15) is 0 Å². The molecule has 2 aromatic heterocycles. The number of esters is 1. The lowest BCUT2D eigenvalue weighted by Gasteiger charge is -2.02. The molecule has 0 spiro atoms. The Morgan fingerprint density at radius 3 is 2.11 bits per heavy atom. The molecular formula is C17H17N7O3. The maximum Gasteiger partial charge on any atom is 0.378 e. The first-order valence-electron chi connectivity index (χ1n) is 7.97. The SMILES string of the molecule is CCOC(=O)c1nccnn1.O=C(NCc1ccccc1)c1nccnn1. The quantitative estimate of drug-likeness (QED) is 0.651. The second kappa shape index (κ2) is 10.9. The summed E-state index contributed by atoms with van der Waals surface area (Å²) in [6, 6.07) is 9.63. The van der Waals surface area contributed by atoms with Gasteiger partial charge < -0.3 is 10.1 Å². The second-order valence-corrected chi connectivity index (χ2v) is 4.82. The number of hydrogen-bond acceptors (Lipinski definition) is 9. The Labute approximate surface area is 155 Å². The molecular weight excluding hydrogens is 350 g/mol. The first-order chi connectivity index (χ1) is 13.2. The first-order valence-corrected chi connectivity index (χ1v) is 7.97. The van der Waals surface area contributed by atoms with E-state index in [2.05, 4.69) is 40.4 Å². The third kappa shape index (κ3) is 6.90. The van der Waals surface area contributed by atoms with E-state index >= 15 is 0 Å². The van der Waals surface area contributed by atoms with E-state index < -0.39 is 5.97 Å². The Morgan fingerprint density at radius 2 is 1.56 bits per heavy atom. The van der Waals surface area contributed by atoms with Crippen molar-refractivity contribution in [2.75, 3.05) is 6.61 Å². The molecule has 0 aliphatic rings. The normalized spacial score (nSPS) is 9.52. The predicted molar refractivity (Wildman–Crippen MR) is 93.2 cm³/mol. The van der Waals surface area contributed by atoms with E-state index in [1.54, 1.807) is 6.92 Å². The first kappa shape index (κ1) is 19.5. The van der Waals surface area contributed by atoms with Gasteiger partial charge >= 0.3 is 5.97 Å². The summed E-state index contributed by atoms with van der Waals surface area (Å²) in [6.07, 6.45) is 5.64. The van der Waals surface area contributed by atoms with Crippen LogP contribution in [0.5, 0.6) is 0 Å². The van der Waals surface area contributed by atoms with Crippen molar-refractivity contribution in [2.45, 2.75) is 13.5 Å². The number of aromatic nitrogens is 6. The number of amides is 1. The van der Waals surface area contributed by atoms with Crippen LogP contribution < -0.4 is 5.32 Å². The molecule has 0 fully saturated rings. The highest BCUT2D eigenvalue weighted by atomic mass is 16.5. The van der Waals surface area contributed by atoms with Crippen LogP contribution in [0.2, 0.25) is 0 Å². The van der Waals surface area contributed by atoms with Gasteiger partial charge in [-0.1, -0.05) is 30.3 Å². The largest absolute Gasteiger partial charge is 0.460 e. The molecule has 0 radical (unpaired) electrons. The van der Waals surface area contributed by atoms with Gasteiger partial charge in [-0.05, 0) is 12.5 Å². The monoisotopic (exact) mass is 367 g/mol. The lowest BCUT2D eigenvalue weighted by molar-refractivity contribution is 0.0510. The molecule has 0 aliphatic heterocycles. The molecule has 0 atom stereocenters. The van der Waals surface area contributed by atoms with E-state index in [1.165, 1.54) is 24.8 Å². The van der Waals surface area contributed by atoms with Crippen molar-refractivity contribution in [3.63, 3.8) is 0 Å². The minimum Gasteiger partial charge on any atom is -0.460 e. The van der Waals surface area contributed by atoms with Gasteiger partial charge in [0, 0.05) is 18.9 Å². The van der Waals surface area contributed by atoms with Gasteiger partial charge in [-0.3, -0.25) is 4.79 Å². The Balaban J connectivity index is 0.000000208. The van der Waals surface area contributed by atoms with Crippen molar-refractivity contribution in [1.82, 2.24) is 35.7 Å². The highest BCUT2D eigenvalue weighted by molar-refractivity contribution is 5.90. The third-order valence-electron chi connectivity index (χ3n) is 2.92. The van der Waals surface area contributed by atoms with Gasteiger partial charge in [-0.25, -0.2) is 14.8 Å². The van der Waals surface area contributed by atoms with E-state index in [0.29, 0.717) is 13.2 Å². The van der Waals surface area contributed by atoms with Crippen LogP contribution in [-0.4, -0.2) is 48.8 Å². The summed E-state index contributed by atoms with van der Waals surface area (Å²) < 4.78 is 4.62. The maximum atomic E-state index is 11.5. The van der Waals surface area contributed by atoms with Crippen LogP contribution in [0.4, 0.5) is 0 Å². The lowest BCUT2D eigenvalue weighted by Crippen LogP contribution is -2.25.